The Bertz CT molecular complexity index is 1380. The molecule has 3 heterocycles. The number of aryl methyl sites for hydroxylation is 1. The number of pyridine rings is 1. The fraction of sp³-hybridized carbons (Fsp3) is 0.519. The van der Waals surface area contributed by atoms with Crippen molar-refractivity contribution in [3.63, 3.8) is 0 Å². The summed E-state index contributed by atoms with van der Waals surface area (Å²) < 4.78 is 18.3. The molecule has 0 bridgehead atoms. The lowest BCUT2D eigenvalue weighted by Gasteiger charge is -2.33. The molecule has 0 saturated heterocycles. The fourth-order valence-electron chi connectivity index (χ4n) is 4.63. The zero-order valence-electron chi connectivity index (χ0n) is 23.4. The van der Waals surface area contributed by atoms with E-state index in [-0.39, 0.29) is 53.3 Å². The molecule has 38 heavy (non-hydrogen) atoms. The Kier molecular flexibility index (Phi) is 8.73. The predicted molar refractivity (Wildman–Crippen MR) is 143 cm³/mol. The van der Waals surface area contributed by atoms with Gasteiger partial charge in [0.1, 0.15) is 12.2 Å². The van der Waals surface area contributed by atoms with E-state index in [1.807, 2.05) is 0 Å². The molecule has 11 heteroatoms. The molecule has 0 aliphatic carbocycles. The van der Waals surface area contributed by atoms with Crippen LogP contribution in [0.4, 0.5) is 0 Å². The number of ketones is 1. The number of esters is 1. The van der Waals surface area contributed by atoms with E-state index in [2.05, 4.69) is 49.9 Å². The second-order valence-electron chi connectivity index (χ2n) is 11.1. The molecule has 3 aromatic heterocycles. The maximum Gasteiger partial charge on any atom is 0.325 e. The van der Waals surface area contributed by atoms with E-state index in [9.17, 15) is 14.4 Å². The number of ether oxygens (including phenoxy) is 3. The van der Waals surface area contributed by atoms with Crippen molar-refractivity contribution in [2.75, 3.05) is 27.6 Å². The van der Waals surface area contributed by atoms with Crippen molar-refractivity contribution >= 4 is 22.8 Å². The molecule has 0 amide bonds. The Hall–Kier alpha value is -3.57. The summed E-state index contributed by atoms with van der Waals surface area (Å²) in [5.41, 5.74) is 0.894. The van der Waals surface area contributed by atoms with Crippen molar-refractivity contribution < 1.29 is 23.8 Å². The number of methoxy groups -OCH3 is 2. The van der Waals surface area contributed by atoms with Crippen molar-refractivity contribution in [2.45, 2.75) is 53.1 Å². The summed E-state index contributed by atoms with van der Waals surface area (Å²) in [6.07, 6.45) is 5.30. The largest absolute Gasteiger partial charge is 0.468 e. The Morgan fingerprint density at radius 2 is 1.82 bits per heavy atom. The van der Waals surface area contributed by atoms with E-state index in [0.29, 0.717) is 22.5 Å². The summed E-state index contributed by atoms with van der Waals surface area (Å²) in [6, 6.07) is 1.59. The van der Waals surface area contributed by atoms with Crippen LogP contribution in [0.25, 0.3) is 22.3 Å². The van der Waals surface area contributed by atoms with Gasteiger partial charge >= 0.3 is 5.97 Å². The van der Waals surface area contributed by atoms with Crippen LogP contribution < -0.4 is 15.6 Å². The molecule has 0 aliphatic rings. The van der Waals surface area contributed by atoms with Gasteiger partial charge in [-0.25, -0.2) is 4.98 Å². The summed E-state index contributed by atoms with van der Waals surface area (Å²) in [4.78, 5) is 47.4. The molecule has 0 radical (unpaired) electrons. The van der Waals surface area contributed by atoms with E-state index < -0.39 is 5.97 Å². The number of hydrogen-bond acceptors (Lipinski definition) is 9. The van der Waals surface area contributed by atoms with Crippen molar-refractivity contribution in [3.05, 3.63) is 40.7 Å². The zero-order chi connectivity index (χ0) is 28.3. The fourth-order valence-corrected chi connectivity index (χ4v) is 4.63. The van der Waals surface area contributed by atoms with E-state index in [0.717, 1.165) is 6.42 Å². The highest BCUT2D eigenvalue weighted by Gasteiger charge is 2.27. The summed E-state index contributed by atoms with van der Waals surface area (Å²) >= 11 is 0. The lowest BCUT2D eigenvalue weighted by atomic mass is 9.82. The molecule has 0 saturated carbocycles. The van der Waals surface area contributed by atoms with Gasteiger partial charge in [0.2, 0.25) is 0 Å². The third-order valence-corrected chi connectivity index (χ3v) is 5.94. The molecule has 206 valence electrons. The maximum atomic E-state index is 13.4. The first kappa shape index (κ1) is 29.0. The number of hydrogen-bond donors (Lipinski definition) is 1. The van der Waals surface area contributed by atoms with Gasteiger partial charge in [-0.1, -0.05) is 20.8 Å². The van der Waals surface area contributed by atoms with Crippen LogP contribution in [-0.4, -0.2) is 64.0 Å². The molecule has 0 unspecified atom stereocenters. The molecule has 3 aromatic rings. The number of aromatic nitrogens is 4. The molecule has 1 N–H and O–H groups in total. The Morgan fingerprint density at radius 3 is 2.45 bits per heavy atom. The highest BCUT2D eigenvalue weighted by molar-refractivity contribution is 6.02. The highest BCUT2D eigenvalue weighted by atomic mass is 16.7. The quantitative estimate of drug-likeness (QED) is 0.227. The summed E-state index contributed by atoms with van der Waals surface area (Å²) in [5, 5.41) is 3.64. The molecule has 0 aliphatic heterocycles. The van der Waals surface area contributed by atoms with Gasteiger partial charge in [-0.2, -0.15) is 0 Å². The van der Waals surface area contributed by atoms with Crippen LogP contribution in [0.3, 0.4) is 0 Å². The molecule has 0 aromatic carbocycles. The molecular formula is C27H37N5O6. The van der Waals surface area contributed by atoms with Crippen LogP contribution in [0, 0.1) is 5.41 Å². The topological polar surface area (TPSA) is 127 Å². The van der Waals surface area contributed by atoms with E-state index in [1.165, 1.54) is 35.9 Å². The Morgan fingerprint density at radius 1 is 1.11 bits per heavy atom. The van der Waals surface area contributed by atoms with E-state index in [4.69, 9.17) is 14.2 Å². The number of Topliss-reactive ketones (excluding diaryl/α,β-unsaturated/α-hetero) is 1. The van der Waals surface area contributed by atoms with Crippen molar-refractivity contribution in [1.82, 2.24) is 24.4 Å². The van der Waals surface area contributed by atoms with Crippen molar-refractivity contribution in [3.8, 4) is 17.0 Å². The first-order valence-corrected chi connectivity index (χ1v) is 12.3. The first-order valence-electron chi connectivity index (χ1n) is 12.3. The van der Waals surface area contributed by atoms with Gasteiger partial charge < -0.3 is 28.7 Å². The molecule has 0 spiro atoms. The molecule has 3 rings (SSSR count). The molecular weight excluding hydrogens is 490 g/mol. The number of nitrogens with one attached hydrogen (secondary N) is 1. The van der Waals surface area contributed by atoms with Gasteiger partial charge in [0, 0.05) is 31.5 Å². The third-order valence-electron chi connectivity index (χ3n) is 5.94. The lowest BCUT2D eigenvalue weighted by molar-refractivity contribution is -0.141. The molecule has 11 nitrogen and oxygen atoms in total. The number of fused-ring (bicyclic) bond motifs is 1. The number of carbonyl (C=O) groups is 2. The highest BCUT2D eigenvalue weighted by Crippen LogP contribution is 2.30. The van der Waals surface area contributed by atoms with Gasteiger partial charge in [0.05, 0.1) is 42.8 Å². The second kappa shape index (κ2) is 11.4. The summed E-state index contributed by atoms with van der Waals surface area (Å²) in [7, 11) is 4.36. The average Bonchev–Trinajstić information content (AvgIpc) is 3.20. The molecule has 0 fully saturated rings. The Labute approximate surface area is 222 Å². The SMILES string of the molecule is COCOc1cnc(-c2cn(CC(=O)OC)c3ncn(C)c(=O)c23)cc1C(=O)CNC(C)(C)CC(C)(C)C. The second-order valence-corrected chi connectivity index (χ2v) is 11.1. The van der Waals surface area contributed by atoms with Crippen LogP contribution in [0.1, 0.15) is 51.4 Å². The number of nitrogens with zero attached hydrogens (tertiary/aromatic N) is 4. The van der Waals surface area contributed by atoms with Crippen LogP contribution in [0.15, 0.2) is 29.6 Å². The van der Waals surface area contributed by atoms with Crippen molar-refractivity contribution in [1.29, 1.82) is 0 Å². The normalized spacial score (nSPS) is 12.1. The van der Waals surface area contributed by atoms with Crippen LogP contribution >= 0.6 is 0 Å². The minimum Gasteiger partial charge on any atom is -0.468 e. The Balaban J connectivity index is 2.07. The number of carbonyl (C=O) groups excluding carboxylic acids is 2. The van der Waals surface area contributed by atoms with Gasteiger partial charge in [-0.05, 0) is 31.7 Å². The maximum absolute atomic E-state index is 13.4. The third kappa shape index (κ3) is 6.84. The van der Waals surface area contributed by atoms with Gasteiger partial charge in [0.15, 0.2) is 18.3 Å². The van der Waals surface area contributed by atoms with Gasteiger partial charge in [-0.15, -0.1) is 0 Å². The smallest absolute Gasteiger partial charge is 0.325 e. The van der Waals surface area contributed by atoms with E-state index in [1.54, 1.807) is 19.3 Å². The predicted octanol–water partition coefficient (Wildman–Crippen LogP) is 2.94. The average molecular weight is 528 g/mol. The van der Waals surface area contributed by atoms with Crippen molar-refractivity contribution in [2.24, 2.45) is 12.5 Å². The lowest BCUT2D eigenvalue weighted by Crippen LogP contribution is -2.44. The van der Waals surface area contributed by atoms with Gasteiger partial charge in [-0.3, -0.25) is 19.4 Å². The van der Waals surface area contributed by atoms with Crippen LogP contribution in [-0.2, 0) is 27.9 Å². The van der Waals surface area contributed by atoms with Crippen LogP contribution in [0.2, 0.25) is 0 Å². The summed E-state index contributed by atoms with van der Waals surface area (Å²) in [5.74, 6) is -0.432. The minimum atomic E-state index is -0.494. The first-order chi connectivity index (χ1) is 17.8. The zero-order valence-corrected chi connectivity index (χ0v) is 23.4. The minimum absolute atomic E-state index is 0.0623. The monoisotopic (exact) mass is 527 g/mol. The standard InChI is InChI=1S/C27H37N5O6/c1-26(2,3)14-27(4,5)30-10-20(33)17-9-19(28-11-21(17)38-16-36-7)18-12-32(13-22(34)37-8)24-23(18)25(35)31(6)15-29-24/h9,11-12,15,30H,10,13-14,16H2,1-8H3. The van der Waals surface area contributed by atoms with Crippen LogP contribution in [0.5, 0.6) is 5.75 Å². The van der Waals surface area contributed by atoms with Gasteiger partial charge in [0.25, 0.3) is 5.56 Å². The van der Waals surface area contributed by atoms with E-state index >= 15 is 0 Å². The molecule has 0 atom stereocenters. The summed E-state index contributed by atoms with van der Waals surface area (Å²) in [6.45, 7) is 10.5. The number of rotatable bonds is 11.